The van der Waals surface area contributed by atoms with Gasteiger partial charge in [-0.1, -0.05) is 44.9 Å². The van der Waals surface area contributed by atoms with Crippen LogP contribution in [0.3, 0.4) is 0 Å². The van der Waals surface area contributed by atoms with Crippen LogP contribution in [-0.4, -0.2) is 23.3 Å². The second-order valence-electron chi connectivity index (χ2n) is 6.54. The fraction of sp³-hybridized carbons (Fsp3) is 0.737. The van der Waals surface area contributed by atoms with E-state index in [9.17, 15) is 9.90 Å². The summed E-state index contributed by atoms with van der Waals surface area (Å²) in [5.41, 5.74) is 1.79. The molecule has 0 radical (unpaired) electrons. The highest BCUT2D eigenvalue weighted by Gasteiger charge is 2.08. The molecule has 0 fully saturated rings. The van der Waals surface area contributed by atoms with Gasteiger partial charge < -0.3 is 14.8 Å². The van der Waals surface area contributed by atoms with Crippen molar-refractivity contribution in [1.82, 2.24) is 4.98 Å². The van der Waals surface area contributed by atoms with Gasteiger partial charge in [0, 0.05) is 11.8 Å². The molecule has 0 aromatic carbocycles. The van der Waals surface area contributed by atoms with Crippen molar-refractivity contribution in [1.29, 1.82) is 0 Å². The van der Waals surface area contributed by atoms with Crippen LogP contribution in [0.5, 0.6) is 5.75 Å². The number of aliphatic hydroxyl groups is 1. The number of ether oxygens (including phenoxy) is 1. The van der Waals surface area contributed by atoms with Crippen molar-refractivity contribution < 1.29 is 9.84 Å². The number of nitrogens with one attached hydrogen (secondary N) is 1. The predicted octanol–water partition coefficient (Wildman–Crippen LogP) is 4.13. The Balaban J connectivity index is 2.13. The first-order valence-corrected chi connectivity index (χ1v) is 8.99. The molecule has 2 N–H and O–H groups in total. The van der Waals surface area contributed by atoms with E-state index in [1.807, 2.05) is 13.8 Å². The first kappa shape index (κ1) is 19.8. The third-order valence-electron chi connectivity index (χ3n) is 4.20. The number of methoxy groups -OCH3 is 1. The fourth-order valence-corrected chi connectivity index (χ4v) is 2.94. The van der Waals surface area contributed by atoms with Crippen molar-refractivity contribution in [3.8, 4) is 5.75 Å². The molecule has 23 heavy (non-hydrogen) atoms. The molecule has 0 aliphatic carbocycles. The van der Waals surface area contributed by atoms with Crippen LogP contribution in [0.1, 0.15) is 76.1 Å². The minimum absolute atomic E-state index is 0.0315. The average molecular weight is 323 g/mol. The van der Waals surface area contributed by atoms with Gasteiger partial charge in [0.15, 0.2) is 5.75 Å². The van der Waals surface area contributed by atoms with Crippen molar-refractivity contribution in [2.24, 2.45) is 0 Å². The lowest BCUT2D eigenvalue weighted by molar-refractivity contribution is 0.180. The van der Waals surface area contributed by atoms with Gasteiger partial charge in [-0.2, -0.15) is 0 Å². The van der Waals surface area contributed by atoms with Gasteiger partial charge in [0.25, 0.3) is 0 Å². The fourth-order valence-electron chi connectivity index (χ4n) is 2.94. The zero-order valence-corrected chi connectivity index (χ0v) is 15.0. The molecule has 0 amide bonds. The van der Waals surface area contributed by atoms with Gasteiger partial charge in [-0.3, -0.25) is 4.79 Å². The number of aromatic amines is 1. The van der Waals surface area contributed by atoms with Crippen LogP contribution in [0.25, 0.3) is 0 Å². The van der Waals surface area contributed by atoms with Gasteiger partial charge in [0.05, 0.1) is 18.9 Å². The lowest BCUT2D eigenvalue weighted by Crippen LogP contribution is -2.11. The Bertz CT molecular complexity index is 494. The molecule has 4 heteroatoms. The van der Waals surface area contributed by atoms with E-state index >= 15 is 0 Å². The summed E-state index contributed by atoms with van der Waals surface area (Å²) in [5.74, 6) is 0.466. The topological polar surface area (TPSA) is 62.3 Å². The Morgan fingerprint density at radius 1 is 1.09 bits per heavy atom. The number of aromatic nitrogens is 1. The Hall–Kier alpha value is -1.29. The second kappa shape index (κ2) is 11.3. The van der Waals surface area contributed by atoms with E-state index in [1.54, 1.807) is 13.2 Å². The third kappa shape index (κ3) is 8.21. The summed E-state index contributed by atoms with van der Waals surface area (Å²) >= 11 is 0. The van der Waals surface area contributed by atoms with Crippen LogP contribution in [-0.2, 0) is 6.42 Å². The number of rotatable bonds is 12. The minimum atomic E-state index is -0.153. The molecule has 1 rings (SSSR count). The number of hydrogen-bond donors (Lipinski definition) is 2. The Morgan fingerprint density at radius 3 is 2.22 bits per heavy atom. The van der Waals surface area contributed by atoms with Gasteiger partial charge in [0.2, 0.25) is 5.43 Å². The van der Waals surface area contributed by atoms with Crippen molar-refractivity contribution in [2.45, 2.75) is 84.2 Å². The van der Waals surface area contributed by atoms with Gasteiger partial charge in [-0.25, -0.2) is 0 Å². The summed E-state index contributed by atoms with van der Waals surface area (Å²) in [6.45, 7) is 3.76. The van der Waals surface area contributed by atoms with Crippen LogP contribution in [0.15, 0.2) is 10.9 Å². The lowest BCUT2D eigenvalue weighted by Gasteiger charge is -2.09. The largest absolute Gasteiger partial charge is 0.491 e. The molecule has 0 saturated heterocycles. The molecule has 1 unspecified atom stereocenters. The first-order chi connectivity index (χ1) is 11.0. The van der Waals surface area contributed by atoms with E-state index in [0.29, 0.717) is 5.75 Å². The molecular formula is C19H33NO3. The molecule has 1 heterocycles. The van der Waals surface area contributed by atoms with E-state index in [-0.39, 0.29) is 11.5 Å². The van der Waals surface area contributed by atoms with Crippen molar-refractivity contribution >= 4 is 0 Å². The van der Waals surface area contributed by atoms with E-state index in [2.05, 4.69) is 4.98 Å². The maximum atomic E-state index is 11.8. The molecule has 1 aromatic heterocycles. The van der Waals surface area contributed by atoms with E-state index < -0.39 is 0 Å². The van der Waals surface area contributed by atoms with E-state index in [0.717, 1.165) is 37.1 Å². The monoisotopic (exact) mass is 323 g/mol. The zero-order valence-electron chi connectivity index (χ0n) is 15.0. The van der Waals surface area contributed by atoms with Gasteiger partial charge >= 0.3 is 0 Å². The van der Waals surface area contributed by atoms with Crippen LogP contribution in [0.4, 0.5) is 0 Å². The lowest BCUT2D eigenvalue weighted by atomic mass is 10.0. The summed E-state index contributed by atoms with van der Waals surface area (Å²) in [6, 6.07) is 1.58. The van der Waals surface area contributed by atoms with Crippen molar-refractivity contribution in [3.63, 3.8) is 0 Å². The van der Waals surface area contributed by atoms with Crippen LogP contribution in [0, 0.1) is 6.92 Å². The van der Waals surface area contributed by atoms with Crippen LogP contribution < -0.4 is 10.2 Å². The molecule has 0 aliphatic rings. The minimum Gasteiger partial charge on any atom is -0.491 e. The molecule has 4 nitrogen and oxygen atoms in total. The third-order valence-corrected chi connectivity index (χ3v) is 4.20. The first-order valence-electron chi connectivity index (χ1n) is 8.99. The van der Waals surface area contributed by atoms with Crippen molar-refractivity contribution in [2.75, 3.05) is 7.11 Å². The molecule has 1 atom stereocenters. The van der Waals surface area contributed by atoms with Crippen molar-refractivity contribution in [3.05, 3.63) is 27.7 Å². The summed E-state index contributed by atoms with van der Waals surface area (Å²) in [5, 5.41) is 9.19. The maximum Gasteiger partial charge on any atom is 0.223 e. The van der Waals surface area contributed by atoms with E-state index in [4.69, 9.17) is 4.74 Å². The Kier molecular flexibility index (Phi) is 9.69. The number of hydrogen-bond acceptors (Lipinski definition) is 3. The quantitative estimate of drug-likeness (QED) is 0.569. The molecule has 0 saturated carbocycles. The number of aliphatic hydroxyl groups excluding tert-OH is 1. The number of H-pyrrole nitrogens is 1. The maximum absolute atomic E-state index is 11.8. The molecule has 132 valence electrons. The predicted molar refractivity (Wildman–Crippen MR) is 95.3 cm³/mol. The highest BCUT2D eigenvalue weighted by atomic mass is 16.5. The smallest absolute Gasteiger partial charge is 0.223 e. The summed E-state index contributed by atoms with van der Waals surface area (Å²) in [7, 11) is 1.56. The molecule has 0 aliphatic heterocycles. The second-order valence-corrected chi connectivity index (χ2v) is 6.54. The highest BCUT2D eigenvalue weighted by Crippen LogP contribution is 2.16. The highest BCUT2D eigenvalue weighted by molar-refractivity contribution is 5.29. The van der Waals surface area contributed by atoms with Crippen LogP contribution in [0.2, 0.25) is 0 Å². The van der Waals surface area contributed by atoms with Crippen LogP contribution >= 0.6 is 0 Å². The summed E-state index contributed by atoms with van der Waals surface area (Å²) < 4.78 is 5.22. The standard InChI is InChI=1S/C19H33NO3/c1-15-14-18(22)19(23-3)17(20-15)13-11-9-7-5-4-6-8-10-12-16(2)21/h14,16,21H,4-13H2,1-3H3,(H,20,22). The number of unbranched alkanes of at least 4 members (excludes halogenated alkanes) is 7. The molecular weight excluding hydrogens is 290 g/mol. The van der Waals surface area contributed by atoms with Gasteiger partial charge in [-0.15, -0.1) is 0 Å². The SMILES string of the molecule is COc1c(CCCCCCCCCCC(C)O)[nH]c(C)cc1=O. The van der Waals surface area contributed by atoms with Gasteiger partial charge in [0.1, 0.15) is 0 Å². The number of aryl methyl sites for hydroxylation is 2. The Morgan fingerprint density at radius 2 is 1.65 bits per heavy atom. The molecule has 1 aromatic rings. The molecule has 0 spiro atoms. The Labute approximate surface area is 140 Å². The van der Waals surface area contributed by atoms with E-state index in [1.165, 1.54) is 38.5 Å². The zero-order chi connectivity index (χ0) is 17.1. The normalized spacial score (nSPS) is 12.3. The average Bonchev–Trinajstić information content (AvgIpc) is 2.48. The number of pyridine rings is 1. The summed E-state index contributed by atoms with van der Waals surface area (Å²) in [6.07, 6.45) is 11.3. The van der Waals surface area contributed by atoms with Gasteiger partial charge in [-0.05, 0) is 33.1 Å². The summed E-state index contributed by atoms with van der Waals surface area (Å²) in [4.78, 5) is 15.1. The molecule has 0 bridgehead atoms.